The molecule has 0 unspecified atom stereocenters. The third-order valence-corrected chi connectivity index (χ3v) is 3.47. The molecule has 0 saturated carbocycles. The average molecular weight is 291 g/mol. The van der Waals surface area contributed by atoms with Gasteiger partial charge in [0.05, 0.1) is 5.02 Å². The Morgan fingerprint density at radius 3 is 2.35 bits per heavy atom. The Morgan fingerprint density at radius 2 is 1.75 bits per heavy atom. The molecule has 0 aliphatic rings. The van der Waals surface area contributed by atoms with Crippen LogP contribution >= 0.6 is 11.6 Å². The number of benzene rings is 2. The van der Waals surface area contributed by atoms with Crippen LogP contribution in [0.2, 0.25) is 5.02 Å². The van der Waals surface area contributed by atoms with E-state index in [1.807, 2.05) is 13.8 Å². The Morgan fingerprint density at radius 1 is 1.10 bits per heavy atom. The predicted molar refractivity (Wildman–Crippen MR) is 80.0 cm³/mol. The molecule has 20 heavy (non-hydrogen) atoms. The molecule has 1 nitrogen and oxygen atoms in total. The highest BCUT2D eigenvalue weighted by atomic mass is 35.5. The van der Waals surface area contributed by atoms with Crippen molar-refractivity contribution in [3.63, 3.8) is 0 Å². The molecule has 2 aromatic rings. The third-order valence-electron chi connectivity index (χ3n) is 3.15. The first-order valence-electron chi connectivity index (χ1n) is 6.51. The molecular weight excluding hydrogens is 275 g/mol. The van der Waals surface area contributed by atoms with E-state index in [0.29, 0.717) is 18.4 Å². The van der Waals surface area contributed by atoms with Gasteiger partial charge in [-0.2, -0.15) is 0 Å². The Kier molecular flexibility index (Phi) is 4.56. The highest BCUT2D eigenvalue weighted by Gasteiger charge is 2.11. The van der Waals surface area contributed by atoms with Gasteiger partial charge in [-0.25, -0.2) is 4.39 Å². The van der Waals surface area contributed by atoms with E-state index in [0.717, 1.165) is 5.56 Å². The zero-order valence-electron chi connectivity index (χ0n) is 11.5. The normalized spacial score (nSPS) is 10.6. The maximum atomic E-state index is 13.0. The molecule has 0 atom stereocenters. The van der Waals surface area contributed by atoms with Gasteiger partial charge >= 0.3 is 0 Å². The average Bonchev–Trinajstić information content (AvgIpc) is 2.35. The monoisotopic (exact) mass is 290 g/mol. The first-order valence-corrected chi connectivity index (χ1v) is 6.89. The number of aryl methyl sites for hydroxylation is 3. The molecule has 3 heteroatoms. The molecule has 0 heterocycles. The van der Waals surface area contributed by atoms with Gasteiger partial charge in [0.1, 0.15) is 5.82 Å². The summed E-state index contributed by atoms with van der Waals surface area (Å²) in [6, 6.07) is 10.1. The lowest BCUT2D eigenvalue weighted by atomic mass is 10.00. The van der Waals surface area contributed by atoms with Crippen LogP contribution in [0, 0.1) is 19.7 Å². The van der Waals surface area contributed by atoms with E-state index in [1.54, 1.807) is 0 Å². The third kappa shape index (κ3) is 3.67. The van der Waals surface area contributed by atoms with Crippen molar-refractivity contribution in [2.75, 3.05) is 0 Å². The van der Waals surface area contributed by atoms with E-state index in [2.05, 4.69) is 18.2 Å². The molecular formula is C17H16ClFO. The first-order chi connectivity index (χ1) is 9.45. The first kappa shape index (κ1) is 14.7. The fourth-order valence-electron chi connectivity index (χ4n) is 2.32. The van der Waals surface area contributed by atoms with Gasteiger partial charge in [0.2, 0.25) is 0 Å². The second-order valence-electron chi connectivity index (χ2n) is 5.04. The van der Waals surface area contributed by atoms with Gasteiger partial charge in [0.15, 0.2) is 5.78 Å². The van der Waals surface area contributed by atoms with Crippen LogP contribution < -0.4 is 0 Å². The van der Waals surface area contributed by atoms with Gasteiger partial charge in [-0.15, -0.1) is 0 Å². The Labute approximate surface area is 123 Å². The van der Waals surface area contributed by atoms with Gasteiger partial charge in [0, 0.05) is 12.0 Å². The zero-order chi connectivity index (χ0) is 14.7. The van der Waals surface area contributed by atoms with E-state index in [9.17, 15) is 9.18 Å². The standard InChI is InChI=1S/C17H16ClFO/c1-11-7-12(2)9-13(8-11)3-6-17(20)15-5-4-14(19)10-16(15)18/h4-5,7-10H,3,6H2,1-2H3. The van der Waals surface area contributed by atoms with E-state index < -0.39 is 5.82 Å². The maximum Gasteiger partial charge on any atom is 0.164 e. The number of Topliss-reactive ketones (excluding diaryl/α,β-unsaturated/α-hetero) is 1. The fraction of sp³-hybridized carbons (Fsp3) is 0.235. The SMILES string of the molecule is Cc1cc(C)cc(CCC(=O)c2ccc(F)cc2Cl)c1. The molecule has 0 aliphatic heterocycles. The lowest BCUT2D eigenvalue weighted by molar-refractivity contribution is 0.0983. The number of rotatable bonds is 4. The summed E-state index contributed by atoms with van der Waals surface area (Å²) in [5.74, 6) is -0.491. The number of hydrogen-bond acceptors (Lipinski definition) is 1. The molecule has 0 radical (unpaired) electrons. The van der Waals surface area contributed by atoms with E-state index in [1.165, 1.54) is 29.3 Å². The van der Waals surface area contributed by atoms with E-state index in [4.69, 9.17) is 11.6 Å². The summed E-state index contributed by atoms with van der Waals surface area (Å²) in [6.07, 6.45) is 1.03. The van der Waals surface area contributed by atoms with Crippen molar-refractivity contribution in [2.24, 2.45) is 0 Å². The summed E-state index contributed by atoms with van der Waals surface area (Å²) in [5.41, 5.74) is 3.89. The predicted octanol–water partition coefficient (Wildman–Crippen LogP) is 4.91. The lowest BCUT2D eigenvalue weighted by Crippen LogP contribution is -2.02. The second-order valence-corrected chi connectivity index (χ2v) is 5.45. The minimum Gasteiger partial charge on any atom is -0.294 e. The minimum absolute atomic E-state index is 0.0610. The van der Waals surface area contributed by atoms with Crippen LogP contribution in [-0.4, -0.2) is 5.78 Å². The zero-order valence-corrected chi connectivity index (χ0v) is 12.3. The molecule has 0 aliphatic carbocycles. The molecule has 0 fully saturated rings. The van der Waals surface area contributed by atoms with Crippen LogP contribution in [0.15, 0.2) is 36.4 Å². The second kappa shape index (κ2) is 6.19. The van der Waals surface area contributed by atoms with E-state index >= 15 is 0 Å². The highest BCUT2D eigenvalue weighted by Crippen LogP contribution is 2.20. The van der Waals surface area contributed by atoms with Crippen LogP contribution in [0.5, 0.6) is 0 Å². The Hall–Kier alpha value is -1.67. The van der Waals surface area contributed by atoms with E-state index in [-0.39, 0.29) is 10.8 Å². The molecule has 2 rings (SSSR count). The Balaban J connectivity index is 2.08. The lowest BCUT2D eigenvalue weighted by Gasteiger charge is -2.06. The minimum atomic E-state index is -0.430. The summed E-state index contributed by atoms with van der Waals surface area (Å²) in [7, 11) is 0. The van der Waals surface area contributed by atoms with Gasteiger partial charge in [-0.05, 0) is 44.0 Å². The maximum absolute atomic E-state index is 13.0. The fourth-order valence-corrected chi connectivity index (χ4v) is 2.59. The molecule has 2 aromatic carbocycles. The van der Waals surface area contributed by atoms with Crippen molar-refractivity contribution >= 4 is 17.4 Å². The summed E-state index contributed by atoms with van der Waals surface area (Å²) in [6.45, 7) is 4.07. The van der Waals surface area contributed by atoms with Crippen LogP contribution in [0.1, 0.15) is 33.5 Å². The van der Waals surface area contributed by atoms with Crippen molar-refractivity contribution in [1.29, 1.82) is 0 Å². The smallest absolute Gasteiger partial charge is 0.164 e. The molecule has 0 saturated heterocycles. The summed E-state index contributed by atoms with van der Waals surface area (Å²) >= 11 is 5.90. The summed E-state index contributed by atoms with van der Waals surface area (Å²) in [5, 5.41) is 0.176. The number of carbonyl (C=O) groups is 1. The molecule has 0 N–H and O–H groups in total. The summed E-state index contributed by atoms with van der Waals surface area (Å²) < 4.78 is 13.0. The van der Waals surface area contributed by atoms with Gasteiger partial charge < -0.3 is 0 Å². The molecule has 0 amide bonds. The van der Waals surface area contributed by atoms with Crippen molar-refractivity contribution in [3.05, 3.63) is 69.5 Å². The molecule has 0 aromatic heterocycles. The number of ketones is 1. The number of hydrogen-bond donors (Lipinski definition) is 0. The van der Waals surface area contributed by atoms with Gasteiger partial charge in [-0.1, -0.05) is 40.9 Å². The quantitative estimate of drug-likeness (QED) is 0.731. The molecule has 104 valence electrons. The van der Waals surface area contributed by atoms with Crippen LogP contribution in [0.25, 0.3) is 0 Å². The van der Waals surface area contributed by atoms with Crippen molar-refractivity contribution in [3.8, 4) is 0 Å². The van der Waals surface area contributed by atoms with Crippen LogP contribution in [0.3, 0.4) is 0 Å². The van der Waals surface area contributed by atoms with Crippen LogP contribution in [-0.2, 0) is 6.42 Å². The number of carbonyl (C=O) groups excluding carboxylic acids is 1. The van der Waals surface area contributed by atoms with Crippen molar-refractivity contribution in [1.82, 2.24) is 0 Å². The van der Waals surface area contributed by atoms with Crippen molar-refractivity contribution in [2.45, 2.75) is 26.7 Å². The molecule has 0 spiro atoms. The molecule has 0 bridgehead atoms. The topological polar surface area (TPSA) is 17.1 Å². The van der Waals surface area contributed by atoms with Crippen molar-refractivity contribution < 1.29 is 9.18 Å². The largest absolute Gasteiger partial charge is 0.294 e. The van der Waals surface area contributed by atoms with Gasteiger partial charge in [-0.3, -0.25) is 4.79 Å². The summed E-state index contributed by atoms with van der Waals surface area (Å²) in [4.78, 5) is 12.1. The highest BCUT2D eigenvalue weighted by molar-refractivity contribution is 6.33. The Bertz CT molecular complexity index is 629. The van der Waals surface area contributed by atoms with Gasteiger partial charge in [0.25, 0.3) is 0 Å². The number of halogens is 2. The van der Waals surface area contributed by atoms with Crippen LogP contribution in [0.4, 0.5) is 4.39 Å².